The topological polar surface area (TPSA) is 110 Å². The number of halogens is 1. The molecule has 0 radical (unpaired) electrons. The van der Waals surface area contributed by atoms with E-state index >= 15 is 0 Å². The summed E-state index contributed by atoms with van der Waals surface area (Å²) in [5, 5.41) is 4.81. The molecule has 0 aliphatic rings. The van der Waals surface area contributed by atoms with E-state index in [2.05, 4.69) is 42.9 Å². The average molecular weight is 437 g/mol. The van der Waals surface area contributed by atoms with Crippen molar-refractivity contribution in [2.45, 2.75) is 20.0 Å². The molecule has 0 fully saturated rings. The Bertz CT molecular complexity index is 917. The lowest BCUT2D eigenvalue weighted by Crippen LogP contribution is -2.08. The van der Waals surface area contributed by atoms with Gasteiger partial charge in [0.05, 0.1) is 22.0 Å². The molecule has 0 amide bonds. The highest BCUT2D eigenvalue weighted by Crippen LogP contribution is 2.40. The van der Waals surface area contributed by atoms with Crippen molar-refractivity contribution in [2.75, 3.05) is 25.6 Å². The average Bonchev–Trinajstić information content (AvgIpc) is 3.08. The first-order valence-electron chi connectivity index (χ1n) is 8.50. The predicted octanol–water partition coefficient (Wildman–Crippen LogP) is 2.49. The van der Waals surface area contributed by atoms with Crippen LogP contribution < -0.4 is 15.2 Å². The summed E-state index contributed by atoms with van der Waals surface area (Å²) in [5.74, 6) is 1.97. The standard InChI is InChI=1S/C17H21BrN6O3/c1-3-4-25-5-6-26-12-7-11(27-8-13-22-10-24(2)23-13)14-16(15(12)18)20-9-21-17(14)19/h7,9-10H,3-6,8H2,1-2H3,(H2,19,20,21). The second-order valence-electron chi connectivity index (χ2n) is 5.75. The summed E-state index contributed by atoms with van der Waals surface area (Å²) in [5.41, 5.74) is 6.67. The van der Waals surface area contributed by atoms with Crippen LogP contribution in [0.4, 0.5) is 5.82 Å². The Morgan fingerprint density at radius 2 is 1.96 bits per heavy atom. The Balaban J connectivity index is 1.86. The van der Waals surface area contributed by atoms with Crippen molar-refractivity contribution in [3.63, 3.8) is 0 Å². The molecule has 3 rings (SSSR count). The number of hydrogen-bond donors (Lipinski definition) is 1. The largest absolute Gasteiger partial charge is 0.490 e. The van der Waals surface area contributed by atoms with Crippen LogP contribution in [0.3, 0.4) is 0 Å². The quantitative estimate of drug-likeness (QED) is 0.509. The lowest BCUT2D eigenvalue weighted by Gasteiger charge is -2.15. The minimum absolute atomic E-state index is 0.185. The van der Waals surface area contributed by atoms with Gasteiger partial charge in [0.15, 0.2) is 5.82 Å². The van der Waals surface area contributed by atoms with E-state index in [-0.39, 0.29) is 6.61 Å². The monoisotopic (exact) mass is 436 g/mol. The van der Waals surface area contributed by atoms with Gasteiger partial charge in [-0.1, -0.05) is 6.92 Å². The molecule has 0 unspecified atom stereocenters. The van der Waals surface area contributed by atoms with Crippen LogP contribution in [0.15, 0.2) is 23.2 Å². The van der Waals surface area contributed by atoms with Crippen LogP contribution in [-0.2, 0) is 18.4 Å². The third kappa shape index (κ3) is 4.64. The summed E-state index contributed by atoms with van der Waals surface area (Å²) >= 11 is 3.54. The number of benzene rings is 1. The molecule has 0 aliphatic carbocycles. The van der Waals surface area contributed by atoms with Gasteiger partial charge in [-0.15, -0.1) is 0 Å². The zero-order valence-electron chi connectivity index (χ0n) is 15.2. The van der Waals surface area contributed by atoms with E-state index in [1.807, 2.05) is 0 Å². The zero-order valence-corrected chi connectivity index (χ0v) is 16.8. The van der Waals surface area contributed by atoms with Gasteiger partial charge in [0.25, 0.3) is 0 Å². The van der Waals surface area contributed by atoms with Gasteiger partial charge < -0.3 is 19.9 Å². The molecule has 0 saturated carbocycles. The Hall–Kier alpha value is -2.46. The summed E-state index contributed by atoms with van der Waals surface area (Å²) in [6.45, 7) is 3.86. The Labute approximate surface area is 165 Å². The second-order valence-corrected chi connectivity index (χ2v) is 6.55. The molecule has 2 heterocycles. The van der Waals surface area contributed by atoms with E-state index in [9.17, 15) is 0 Å². The molecule has 0 atom stereocenters. The lowest BCUT2D eigenvalue weighted by molar-refractivity contribution is 0.100. The summed E-state index contributed by atoms with van der Waals surface area (Å²) in [4.78, 5) is 12.5. The van der Waals surface area contributed by atoms with Gasteiger partial charge in [0, 0.05) is 19.7 Å². The van der Waals surface area contributed by atoms with Crippen molar-refractivity contribution in [3.8, 4) is 11.5 Å². The number of aromatic nitrogens is 5. The third-order valence-corrected chi connectivity index (χ3v) is 4.41. The highest BCUT2D eigenvalue weighted by Gasteiger charge is 2.17. The van der Waals surface area contributed by atoms with Crippen molar-refractivity contribution in [1.82, 2.24) is 24.7 Å². The van der Waals surface area contributed by atoms with E-state index in [1.54, 1.807) is 24.1 Å². The van der Waals surface area contributed by atoms with E-state index in [1.165, 1.54) is 6.33 Å². The van der Waals surface area contributed by atoms with E-state index in [0.29, 0.717) is 58.3 Å². The predicted molar refractivity (Wildman–Crippen MR) is 104 cm³/mol. The minimum Gasteiger partial charge on any atom is -0.490 e. The van der Waals surface area contributed by atoms with E-state index in [4.69, 9.17) is 19.9 Å². The fraction of sp³-hybridized carbons (Fsp3) is 0.412. The maximum absolute atomic E-state index is 6.06. The zero-order chi connectivity index (χ0) is 19.2. The Morgan fingerprint density at radius 3 is 2.70 bits per heavy atom. The van der Waals surface area contributed by atoms with Crippen LogP contribution in [0.2, 0.25) is 0 Å². The molecule has 3 aromatic rings. The second kappa shape index (κ2) is 8.96. The van der Waals surface area contributed by atoms with Gasteiger partial charge in [-0.05, 0) is 22.4 Å². The number of hydrogen-bond acceptors (Lipinski definition) is 8. The molecule has 1 aromatic carbocycles. The van der Waals surface area contributed by atoms with Crippen molar-refractivity contribution < 1.29 is 14.2 Å². The molecule has 10 heteroatoms. The number of aryl methyl sites for hydroxylation is 1. The third-order valence-electron chi connectivity index (χ3n) is 3.65. The molecule has 27 heavy (non-hydrogen) atoms. The number of nitrogens with two attached hydrogens (primary N) is 1. The lowest BCUT2D eigenvalue weighted by atomic mass is 10.2. The molecule has 0 aliphatic heterocycles. The first kappa shape index (κ1) is 19.3. The molecule has 2 aromatic heterocycles. The highest BCUT2D eigenvalue weighted by atomic mass is 79.9. The van der Waals surface area contributed by atoms with Crippen molar-refractivity contribution in [2.24, 2.45) is 7.05 Å². The molecule has 2 N–H and O–H groups in total. The van der Waals surface area contributed by atoms with Gasteiger partial charge >= 0.3 is 0 Å². The summed E-state index contributed by atoms with van der Waals surface area (Å²) in [7, 11) is 1.80. The molecular weight excluding hydrogens is 416 g/mol. The molecule has 0 spiro atoms. The first-order valence-corrected chi connectivity index (χ1v) is 9.30. The number of rotatable bonds is 9. The van der Waals surface area contributed by atoms with Crippen LogP contribution in [-0.4, -0.2) is 44.6 Å². The summed E-state index contributed by atoms with van der Waals surface area (Å²) < 4.78 is 19.5. The maximum Gasteiger partial charge on any atom is 0.188 e. The molecule has 0 saturated heterocycles. The molecular formula is C17H21BrN6O3. The maximum atomic E-state index is 6.06. The van der Waals surface area contributed by atoms with Crippen LogP contribution in [0, 0.1) is 0 Å². The molecule has 144 valence electrons. The number of anilines is 1. The van der Waals surface area contributed by atoms with Gasteiger partial charge in [0.1, 0.15) is 43.2 Å². The summed E-state index contributed by atoms with van der Waals surface area (Å²) in [6, 6.07) is 1.76. The van der Waals surface area contributed by atoms with E-state index < -0.39 is 0 Å². The van der Waals surface area contributed by atoms with Gasteiger partial charge in [-0.3, -0.25) is 4.68 Å². The SMILES string of the molecule is CCCOCCOc1cc(OCc2ncn(C)n2)c2c(N)ncnc2c1Br. The number of nitrogens with zero attached hydrogens (tertiary/aromatic N) is 5. The highest BCUT2D eigenvalue weighted by molar-refractivity contribution is 9.10. The van der Waals surface area contributed by atoms with Crippen LogP contribution in [0.25, 0.3) is 10.9 Å². The Kier molecular flexibility index (Phi) is 6.40. The number of nitrogen functional groups attached to an aromatic ring is 1. The van der Waals surface area contributed by atoms with Crippen LogP contribution in [0.5, 0.6) is 11.5 Å². The number of ether oxygens (including phenoxy) is 3. The first-order chi connectivity index (χ1) is 13.1. The van der Waals surface area contributed by atoms with Crippen molar-refractivity contribution in [1.29, 1.82) is 0 Å². The van der Waals surface area contributed by atoms with Gasteiger partial charge in [-0.2, -0.15) is 5.10 Å². The van der Waals surface area contributed by atoms with E-state index in [0.717, 1.165) is 6.42 Å². The van der Waals surface area contributed by atoms with Gasteiger partial charge in [0.2, 0.25) is 0 Å². The number of fused-ring (bicyclic) bond motifs is 1. The van der Waals surface area contributed by atoms with Crippen molar-refractivity contribution in [3.05, 3.63) is 29.0 Å². The van der Waals surface area contributed by atoms with Gasteiger partial charge in [-0.25, -0.2) is 15.0 Å². The smallest absolute Gasteiger partial charge is 0.188 e. The fourth-order valence-electron chi connectivity index (χ4n) is 2.45. The Morgan fingerprint density at radius 1 is 1.11 bits per heavy atom. The molecule has 9 nitrogen and oxygen atoms in total. The van der Waals surface area contributed by atoms with Crippen molar-refractivity contribution >= 4 is 32.7 Å². The fourth-order valence-corrected chi connectivity index (χ4v) is 2.98. The minimum atomic E-state index is 0.185. The molecule has 0 bridgehead atoms. The van der Waals surface area contributed by atoms with Crippen LogP contribution >= 0.6 is 15.9 Å². The normalized spacial score (nSPS) is 11.1. The van der Waals surface area contributed by atoms with Crippen LogP contribution in [0.1, 0.15) is 19.2 Å². The summed E-state index contributed by atoms with van der Waals surface area (Å²) in [6.07, 6.45) is 3.98.